The number of amides is 1. The molecule has 1 aliphatic rings. The molecular formula is C19H22N2O3. The van der Waals surface area contributed by atoms with Crippen molar-refractivity contribution in [1.82, 2.24) is 10.6 Å². The Morgan fingerprint density at radius 2 is 2.00 bits per heavy atom. The third-order valence-electron chi connectivity index (χ3n) is 4.43. The minimum absolute atomic E-state index is 0.0195. The molecule has 0 fully saturated rings. The maximum absolute atomic E-state index is 12.2. The van der Waals surface area contributed by atoms with Crippen LogP contribution in [0.3, 0.4) is 0 Å². The molecule has 24 heavy (non-hydrogen) atoms. The fraction of sp³-hybridized carbons (Fsp3) is 0.316. The summed E-state index contributed by atoms with van der Waals surface area (Å²) in [6.07, 6.45) is 0.799. The molecule has 5 heteroatoms. The molecule has 1 amide bonds. The highest BCUT2D eigenvalue weighted by Crippen LogP contribution is 2.34. The highest BCUT2D eigenvalue weighted by molar-refractivity contribution is 5.97. The summed E-state index contributed by atoms with van der Waals surface area (Å²) in [6.45, 7) is 3.93. The number of hydrogen-bond donors (Lipinski definition) is 4. The number of nitrogens with one attached hydrogen (secondary N) is 2. The zero-order chi connectivity index (χ0) is 17.1. The van der Waals surface area contributed by atoms with E-state index in [9.17, 15) is 15.0 Å². The Morgan fingerprint density at radius 3 is 2.71 bits per heavy atom. The summed E-state index contributed by atoms with van der Waals surface area (Å²) in [5, 5.41) is 25.9. The summed E-state index contributed by atoms with van der Waals surface area (Å²) >= 11 is 0. The maximum Gasteiger partial charge on any atom is 0.255 e. The molecule has 4 N–H and O–H groups in total. The van der Waals surface area contributed by atoms with E-state index < -0.39 is 0 Å². The summed E-state index contributed by atoms with van der Waals surface area (Å²) in [5.41, 5.74) is 3.46. The van der Waals surface area contributed by atoms with Gasteiger partial charge in [0.15, 0.2) is 0 Å². The number of aromatic hydroxyl groups is 2. The van der Waals surface area contributed by atoms with E-state index >= 15 is 0 Å². The average Bonchev–Trinajstić information content (AvgIpc) is 2.77. The summed E-state index contributed by atoms with van der Waals surface area (Å²) < 4.78 is 0. The van der Waals surface area contributed by atoms with Crippen molar-refractivity contribution in [3.05, 3.63) is 58.7 Å². The quantitative estimate of drug-likeness (QED) is 0.696. The lowest BCUT2D eigenvalue weighted by molar-refractivity contribution is 0.0953. The molecule has 0 saturated carbocycles. The normalized spacial score (nSPS) is 17.0. The third kappa shape index (κ3) is 3.21. The van der Waals surface area contributed by atoms with Gasteiger partial charge >= 0.3 is 0 Å². The molecule has 0 saturated heterocycles. The molecule has 0 radical (unpaired) electrons. The van der Waals surface area contributed by atoms with Gasteiger partial charge in [-0.05, 0) is 60.8 Å². The van der Waals surface area contributed by atoms with Gasteiger partial charge in [-0.2, -0.15) is 0 Å². The fourth-order valence-corrected chi connectivity index (χ4v) is 3.21. The average molecular weight is 326 g/mol. The predicted octanol–water partition coefficient (Wildman–Crippen LogP) is 2.13. The molecular weight excluding hydrogens is 304 g/mol. The second-order valence-electron chi connectivity index (χ2n) is 6.03. The zero-order valence-corrected chi connectivity index (χ0v) is 13.7. The number of benzene rings is 2. The molecule has 5 nitrogen and oxygen atoms in total. The fourth-order valence-electron chi connectivity index (χ4n) is 3.21. The molecule has 1 heterocycles. The van der Waals surface area contributed by atoms with Gasteiger partial charge in [-0.25, -0.2) is 0 Å². The van der Waals surface area contributed by atoms with Gasteiger partial charge in [0.25, 0.3) is 5.91 Å². The summed E-state index contributed by atoms with van der Waals surface area (Å²) in [7, 11) is 0. The van der Waals surface area contributed by atoms with Crippen LogP contribution in [0.5, 0.6) is 11.5 Å². The van der Waals surface area contributed by atoms with Crippen LogP contribution in [-0.2, 0) is 6.42 Å². The van der Waals surface area contributed by atoms with Crippen LogP contribution in [0.15, 0.2) is 36.4 Å². The zero-order valence-electron chi connectivity index (χ0n) is 13.7. The number of rotatable bonds is 3. The number of hydrogen-bond acceptors (Lipinski definition) is 4. The molecule has 0 aliphatic carbocycles. The van der Waals surface area contributed by atoms with Crippen molar-refractivity contribution in [3.8, 4) is 11.5 Å². The van der Waals surface area contributed by atoms with Crippen LogP contribution in [0.1, 0.15) is 39.9 Å². The molecule has 2 aromatic carbocycles. The Hall–Kier alpha value is -2.53. The first-order chi connectivity index (χ1) is 11.6. The smallest absolute Gasteiger partial charge is 0.255 e. The predicted molar refractivity (Wildman–Crippen MR) is 92.6 cm³/mol. The summed E-state index contributed by atoms with van der Waals surface area (Å²) in [5.74, 6) is 0.0525. The van der Waals surface area contributed by atoms with Crippen molar-refractivity contribution in [2.45, 2.75) is 19.3 Å². The number of carbonyl (C=O) groups is 1. The molecule has 0 spiro atoms. The van der Waals surface area contributed by atoms with Crippen molar-refractivity contribution in [1.29, 1.82) is 0 Å². The first-order valence-electron chi connectivity index (χ1n) is 8.23. The van der Waals surface area contributed by atoms with Crippen molar-refractivity contribution in [2.24, 2.45) is 0 Å². The van der Waals surface area contributed by atoms with Crippen LogP contribution >= 0.6 is 0 Å². The van der Waals surface area contributed by atoms with Gasteiger partial charge in [0.1, 0.15) is 11.5 Å². The highest BCUT2D eigenvalue weighted by atomic mass is 16.3. The number of phenolic OH excluding ortho intramolecular Hbond substituents is 2. The standard InChI is InChI=1S/C19H22N2O3/c1-2-21-19(24)16-10-15-13(9-18(16)23)7-8-20-11-17(15)12-3-5-14(22)6-4-12/h3-6,9-10,17,20,22-23H,2,7-8,11H2,1H3,(H,21,24). The lowest BCUT2D eigenvalue weighted by Gasteiger charge is -2.20. The van der Waals surface area contributed by atoms with Crippen molar-refractivity contribution >= 4 is 5.91 Å². The maximum atomic E-state index is 12.2. The Labute approximate surface area is 141 Å². The van der Waals surface area contributed by atoms with E-state index in [0.717, 1.165) is 36.2 Å². The monoisotopic (exact) mass is 326 g/mol. The second kappa shape index (κ2) is 6.93. The Balaban J connectivity index is 2.07. The van der Waals surface area contributed by atoms with Gasteiger partial charge < -0.3 is 20.8 Å². The van der Waals surface area contributed by atoms with E-state index in [-0.39, 0.29) is 23.3 Å². The lowest BCUT2D eigenvalue weighted by atomic mass is 9.86. The van der Waals surface area contributed by atoms with Gasteiger partial charge in [0.05, 0.1) is 5.56 Å². The van der Waals surface area contributed by atoms with E-state index in [0.29, 0.717) is 12.1 Å². The van der Waals surface area contributed by atoms with Crippen LogP contribution in [0.25, 0.3) is 0 Å². The van der Waals surface area contributed by atoms with Crippen LogP contribution in [0.4, 0.5) is 0 Å². The van der Waals surface area contributed by atoms with Gasteiger partial charge in [-0.1, -0.05) is 12.1 Å². The molecule has 126 valence electrons. The van der Waals surface area contributed by atoms with Crippen molar-refractivity contribution < 1.29 is 15.0 Å². The SMILES string of the molecule is CCNC(=O)c1cc2c(cc1O)CCNCC2c1ccc(O)cc1. The number of phenols is 2. The van der Waals surface area contributed by atoms with Crippen LogP contribution in [0.2, 0.25) is 0 Å². The molecule has 1 unspecified atom stereocenters. The molecule has 1 aliphatic heterocycles. The number of fused-ring (bicyclic) bond motifs is 1. The number of carbonyl (C=O) groups excluding carboxylic acids is 1. The van der Waals surface area contributed by atoms with Gasteiger partial charge in [-0.3, -0.25) is 4.79 Å². The topological polar surface area (TPSA) is 81.6 Å². The van der Waals surface area contributed by atoms with E-state index in [2.05, 4.69) is 10.6 Å². The Bertz CT molecular complexity index is 741. The first kappa shape index (κ1) is 16.3. The Morgan fingerprint density at radius 1 is 1.25 bits per heavy atom. The molecule has 3 rings (SSSR count). The molecule has 0 bridgehead atoms. The van der Waals surface area contributed by atoms with Gasteiger partial charge in [0, 0.05) is 19.0 Å². The molecule has 0 aromatic heterocycles. The van der Waals surface area contributed by atoms with Crippen molar-refractivity contribution in [3.63, 3.8) is 0 Å². The minimum atomic E-state index is -0.264. The van der Waals surface area contributed by atoms with Crippen LogP contribution < -0.4 is 10.6 Å². The largest absolute Gasteiger partial charge is 0.508 e. The lowest BCUT2D eigenvalue weighted by Crippen LogP contribution is -2.23. The second-order valence-corrected chi connectivity index (χ2v) is 6.03. The minimum Gasteiger partial charge on any atom is -0.508 e. The highest BCUT2D eigenvalue weighted by Gasteiger charge is 2.24. The van der Waals surface area contributed by atoms with Crippen LogP contribution in [-0.4, -0.2) is 35.8 Å². The summed E-state index contributed by atoms with van der Waals surface area (Å²) in [6, 6.07) is 10.7. The van der Waals surface area contributed by atoms with Gasteiger partial charge in [-0.15, -0.1) is 0 Å². The van der Waals surface area contributed by atoms with Gasteiger partial charge in [0.2, 0.25) is 0 Å². The van der Waals surface area contributed by atoms with E-state index in [1.54, 1.807) is 24.3 Å². The molecule has 1 atom stereocenters. The van der Waals surface area contributed by atoms with Crippen molar-refractivity contribution in [2.75, 3.05) is 19.6 Å². The van der Waals surface area contributed by atoms with E-state index in [1.807, 2.05) is 19.1 Å². The Kier molecular flexibility index (Phi) is 4.71. The van der Waals surface area contributed by atoms with Crippen LogP contribution in [0, 0.1) is 0 Å². The third-order valence-corrected chi connectivity index (χ3v) is 4.43. The first-order valence-corrected chi connectivity index (χ1v) is 8.23. The molecule has 2 aromatic rings. The summed E-state index contributed by atoms with van der Waals surface area (Å²) in [4.78, 5) is 12.2. The van der Waals surface area contributed by atoms with E-state index in [4.69, 9.17) is 0 Å². The van der Waals surface area contributed by atoms with E-state index in [1.165, 1.54) is 0 Å².